The SMILES string of the molecule is CCOC(=O)Cn1c(=NC(=O)c2ccccc2OC)sc2cccc(C)c21. The zero-order valence-electron chi connectivity index (χ0n) is 15.4. The van der Waals surface area contributed by atoms with E-state index in [1.165, 1.54) is 18.4 Å². The predicted octanol–water partition coefficient (Wildman–Crippen LogP) is 3.32. The fourth-order valence-electron chi connectivity index (χ4n) is 2.84. The third-order valence-corrected chi connectivity index (χ3v) is 5.07. The van der Waals surface area contributed by atoms with Crippen LogP contribution in [-0.4, -0.2) is 30.2 Å². The summed E-state index contributed by atoms with van der Waals surface area (Å²) >= 11 is 1.36. The summed E-state index contributed by atoms with van der Waals surface area (Å²) in [6.07, 6.45) is 0. The van der Waals surface area contributed by atoms with Crippen molar-refractivity contribution < 1.29 is 19.1 Å². The van der Waals surface area contributed by atoms with E-state index in [4.69, 9.17) is 9.47 Å². The number of aryl methyl sites for hydroxylation is 1. The van der Waals surface area contributed by atoms with Gasteiger partial charge in [-0.15, -0.1) is 0 Å². The number of ether oxygens (including phenoxy) is 2. The Morgan fingerprint density at radius 2 is 1.93 bits per heavy atom. The van der Waals surface area contributed by atoms with Crippen molar-refractivity contribution in [1.29, 1.82) is 0 Å². The molecule has 140 valence electrons. The highest BCUT2D eigenvalue weighted by molar-refractivity contribution is 7.16. The van der Waals surface area contributed by atoms with Gasteiger partial charge < -0.3 is 14.0 Å². The average molecular weight is 384 g/mol. The van der Waals surface area contributed by atoms with Gasteiger partial charge >= 0.3 is 5.97 Å². The molecule has 7 heteroatoms. The number of aromatic nitrogens is 1. The van der Waals surface area contributed by atoms with Gasteiger partial charge in [-0.2, -0.15) is 4.99 Å². The van der Waals surface area contributed by atoms with Gasteiger partial charge in [0.2, 0.25) is 0 Å². The number of thiazole rings is 1. The third kappa shape index (κ3) is 3.93. The van der Waals surface area contributed by atoms with Crippen LogP contribution in [-0.2, 0) is 16.1 Å². The molecule has 1 heterocycles. The van der Waals surface area contributed by atoms with Crippen LogP contribution in [0.1, 0.15) is 22.8 Å². The Balaban J connectivity index is 2.15. The van der Waals surface area contributed by atoms with Crippen molar-refractivity contribution in [2.24, 2.45) is 4.99 Å². The van der Waals surface area contributed by atoms with Gasteiger partial charge in [0.1, 0.15) is 12.3 Å². The number of esters is 1. The van der Waals surface area contributed by atoms with E-state index in [-0.39, 0.29) is 12.5 Å². The Morgan fingerprint density at radius 3 is 2.67 bits per heavy atom. The Labute approximate surface area is 160 Å². The molecule has 3 aromatic rings. The number of fused-ring (bicyclic) bond motifs is 1. The minimum absolute atomic E-state index is 0.00324. The third-order valence-electron chi connectivity index (χ3n) is 4.03. The number of benzene rings is 2. The molecular formula is C20H20N2O4S. The second-order valence-corrected chi connectivity index (χ2v) is 6.82. The summed E-state index contributed by atoms with van der Waals surface area (Å²) in [5.41, 5.74) is 2.25. The molecule has 27 heavy (non-hydrogen) atoms. The smallest absolute Gasteiger partial charge is 0.326 e. The second kappa shape index (κ2) is 8.18. The Morgan fingerprint density at radius 1 is 1.15 bits per heavy atom. The molecule has 0 aliphatic heterocycles. The van der Waals surface area contributed by atoms with Crippen molar-refractivity contribution in [3.8, 4) is 5.75 Å². The molecule has 0 bridgehead atoms. The highest BCUT2D eigenvalue weighted by atomic mass is 32.1. The van der Waals surface area contributed by atoms with Gasteiger partial charge in [0, 0.05) is 0 Å². The van der Waals surface area contributed by atoms with Gasteiger partial charge in [-0.1, -0.05) is 35.6 Å². The summed E-state index contributed by atoms with van der Waals surface area (Å²) < 4.78 is 13.0. The first kappa shape index (κ1) is 18.8. The van der Waals surface area contributed by atoms with Crippen LogP contribution in [0.4, 0.5) is 0 Å². The topological polar surface area (TPSA) is 69.9 Å². The summed E-state index contributed by atoms with van der Waals surface area (Å²) in [5, 5.41) is 0. The van der Waals surface area contributed by atoms with Crippen LogP contribution in [0.5, 0.6) is 5.75 Å². The Bertz CT molecular complexity index is 1070. The van der Waals surface area contributed by atoms with Gasteiger partial charge in [0.25, 0.3) is 5.91 Å². The lowest BCUT2D eigenvalue weighted by molar-refractivity contribution is -0.143. The van der Waals surface area contributed by atoms with Crippen molar-refractivity contribution in [3.63, 3.8) is 0 Å². The van der Waals surface area contributed by atoms with E-state index < -0.39 is 5.91 Å². The van der Waals surface area contributed by atoms with Crippen molar-refractivity contribution in [2.45, 2.75) is 20.4 Å². The predicted molar refractivity (Wildman–Crippen MR) is 104 cm³/mol. The molecule has 1 amide bonds. The van der Waals surface area contributed by atoms with Gasteiger partial charge in [-0.3, -0.25) is 9.59 Å². The normalized spacial score (nSPS) is 11.6. The number of hydrogen-bond donors (Lipinski definition) is 0. The molecule has 0 radical (unpaired) electrons. The monoisotopic (exact) mass is 384 g/mol. The number of hydrogen-bond acceptors (Lipinski definition) is 5. The number of amides is 1. The van der Waals surface area contributed by atoms with Crippen LogP contribution in [0.15, 0.2) is 47.5 Å². The summed E-state index contributed by atoms with van der Waals surface area (Å²) in [6.45, 7) is 4.02. The standard InChI is InChI=1S/C20H20N2O4S/c1-4-26-17(23)12-22-18-13(2)8-7-11-16(18)27-20(22)21-19(24)14-9-5-6-10-15(14)25-3/h5-11H,4,12H2,1-3H3. The highest BCUT2D eigenvalue weighted by Gasteiger charge is 2.15. The molecular weight excluding hydrogens is 364 g/mol. The summed E-state index contributed by atoms with van der Waals surface area (Å²) in [5.74, 6) is -0.332. The molecule has 0 aliphatic rings. The summed E-state index contributed by atoms with van der Waals surface area (Å²) in [6, 6.07) is 12.8. The number of rotatable bonds is 5. The first-order valence-corrected chi connectivity index (χ1v) is 9.33. The van der Waals surface area contributed by atoms with Crippen LogP contribution in [0.25, 0.3) is 10.2 Å². The first-order valence-electron chi connectivity index (χ1n) is 8.51. The fraction of sp³-hybridized carbons (Fsp3) is 0.250. The van der Waals surface area contributed by atoms with Crippen LogP contribution >= 0.6 is 11.3 Å². The number of methoxy groups -OCH3 is 1. The highest BCUT2D eigenvalue weighted by Crippen LogP contribution is 2.22. The molecule has 0 atom stereocenters. The summed E-state index contributed by atoms with van der Waals surface area (Å²) in [7, 11) is 1.51. The van der Waals surface area contributed by atoms with E-state index in [9.17, 15) is 9.59 Å². The molecule has 0 aliphatic carbocycles. The molecule has 2 aromatic carbocycles. The van der Waals surface area contributed by atoms with E-state index in [2.05, 4.69) is 4.99 Å². The molecule has 0 saturated heterocycles. The van der Waals surface area contributed by atoms with Gasteiger partial charge in [-0.25, -0.2) is 0 Å². The van der Waals surface area contributed by atoms with Crippen LogP contribution in [0.2, 0.25) is 0 Å². The minimum atomic E-state index is -0.422. The zero-order valence-corrected chi connectivity index (χ0v) is 16.2. The van der Waals surface area contributed by atoms with Crippen molar-refractivity contribution in [3.05, 3.63) is 58.4 Å². The molecule has 0 spiro atoms. The fourth-order valence-corrected chi connectivity index (χ4v) is 3.95. The van der Waals surface area contributed by atoms with Crippen LogP contribution in [0, 0.1) is 6.92 Å². The van der Waals surface area contributed by atoms with Crippen molar-refractivity contribution in [2.75, 3.05) is 13.7 Å². The van der Waals surface area contributed by atoms with Gasteiger partial charge in [0.05, 0.1) is 29.5 Å². The van der Waals surface area contributed by atoms with E-state index in [0.717, 1.165) is 15.8 Å². The van der Waals surface area contributed by atoms with Crippen molar-refractivity contribution in [1.82, 2.24) is 4.57 Å². The lowest BCUT2D eigenvalue weighted by Gasteiger charge is -2.07. The minimum Gasteiger partial charge on any atom is -0.496 e. The number of carbonyl (C=O) groups is 2. The summed E-state index contributed by atoms with van der Waals surface area (Å²) in [4.78, 5) is 29.6. The molecule has 0 unspecified atom stereocenters. The molecule has 0 saturated carbocycles. The van der Waals surface area contributed by atoms with E-state index in [0.29, 0.717) is 22.7 Å². The maximum atomic E-state index is 12.7. The Kier molecular flexibility index (Phi) is 5.71. The van der Waals surface area contributed by atoms with Gasteiger partial charge in [0.15, 0.2) is 4.80 Å². The maximum absolute atomic E-state index is 12.7. The maximum Gasteiger partial charge on any atom is 0.326 e. The molecule has 3 rings (SSSR count). The first-order chi connectivity index (χ1) is 13.0. The molecule has 6 nitrogen and oxygen atoms in total. The number of carbonyl (C=O) groups excluding carboxylic acids is 2. The molecule has 1 aromatic heterocycles. The second-order valence-electron chi connectivity index (χ2n) is 5.81. The lowest BCUT2D eigenvalue weighted by Crippen LogP contribution is -2.23. The quantitative estimate of drug-likeness (QED) is 0.633. The Hall–Kier alpha value is -2.93. The number of nitrogens with zero attached hydrogens (tertiary/aromatic N) is 2. The number of para-hydroxylation sites is 2. The molecule has 0 N–H and O–H groups in total. The van der Waals surface area contributed by atoms with Crippen LogP contribution < -0.4 is 9.54 Å². The van der Waals surface area contributed by atoms with Crippen LogP contribution in [0.3, 0.4) is 0 Å². The van der Waals surface area contributed by atoms with E-state index in [1.807, 2.05) is 25.1 Å². The zero-order chi connectivity index (χ0) is 19.4. The van der Waals surface area contributed by atoms with E-state index in [1.54, 1.807) is 35.8 Å². The van der Waals surface area contributed by atoms with Crippen molar-refractivity contribution >= 4 is 33.4 Å². The largest absolute Gasteiger partial charge is 0.496 e. The van der Waals surface area contributed by atoms with Gasteiger partial charge in [-0.05, 0) is 37.6 Å². The van der Waals surface area contributed by atoms with E-state index >= 15 is 0 Å². The average Bonchev–Trinajstić information content (AvgIpc) is 3.00. The molecule has 0 fully saturated rings. The lowest BCUT2D eigenvalue weighted by atomic mass is 10.2.